The van der Waals surface area contributed by atoms with Gasteiger partial charge < -0.3 is 0 Å². The number of hydrogen-bond acceptors (Lipinski definition) is 4. The molecule has 0 spiro atoms. The fourth-order valence-corrected chi connectivity index (χ4v) is 4.78. The number of rotatable bonds is 6. The smallest absolute Gasteiger partial charge is 0.269 e. The highest BCUT2D eigenvalue weighted by Crippen LogP contribution is 2.21. The van der Waals surface area contributed by atoms with Crippen LogP contribution < -0.4 is 10.9 Å². The summed E-state index contributed by atoms with van der Waals surface area (Å²) in [5, 5.41) is 0. The number of hydrazine groups is 1. The predicted octanol–water partition coefficient (Wildman–Crippen LogP) is 2.25. The monoisotopic (exact) mass is 415 g/mol. The Bertz CT molecular complexity index is 955. The van der Waals surface area contributed by atoms with E-state index in [0.717, 1.165) is 24.8 Å². The molecular formula is C21H25N3O4S. The normalized spacial score (nSPS) is 14.9. The summed E-state index contributed by atoms with van der Waals surface area (Å²) in [6, 6.07) is 15.4. The van der Waals surface area contributed by atoms with Gasteiger partial charge in [-0.25, -0.2) is 8.42 Å². The summed E-state index contributed by atoms with van der Waals surface area (Å²) < 4.78 is 27.0. The first-order valence-corrected chi connectivity index (χ1v) is 11.1. The fourth-order valence-electron chi connectivity index (χ4n) is 3.22. The van der Waals surface area contributed by atoms with Gasteiger partial charge in [-0.05, 0) is 43.0 Å². The number of piperidine rings is 1. The van der Waals surface area contributed by atoms with E-state index < -0.39 is 15.9 Å². The van der Waals surface area contributed by atoms with Gasteiger partial charge in [0.2, 0.25) is 15.9 Å². The van der Waals surface area contributed by atoms with Crippen LogP contribution in [0, 0.1) is 0 Å². The highest BCUT2D eigenvalue weighted by atomic mass is 32.2. The van der Waals surface area contributed by atoms with Crippen LogP contribution in [-0.2, 0) is 21.2 Å². The van der Waals surface area contributed by atoms with Gasteiger partial charge >= 0.3 is 0 Å². The fraction of sp³-hybridized carbons (Fsp3) is 0.333. The van der Waals surface area contributed by atoms with Crippen molar-refractivity contribution >= 4 is 21.8 Å². The molecule has 1 aliphatic heterocycles. The second-order valence-electron chi connectivity index (χ2n) is 6.98. The molecule has 2 amide bonds. The van der Waals surface area contributed by atoms with E-state index in [1.807, 2.05) is 30.3 Å². The van der Waals surface area contributed by atoms with E-state index in [-0.39, 0.29) is 22.8 Å². The molecule has 8 heteroatoms. The number of aryl methyl sites for hydroxylation is 1. The lowest BCUT2D eigenvalue weighted by Crippen LogP contribution is -2.41. The van der Waals surface area contributed by atoms with Crippen molar-refractivity contribution in [3.8, 4) is 0 Å². The van der Waals surface area contributed by atoms with Crippen LogP contribution in [0.3, 0.4) is 0 Å². The van der Waals surface area contributed by atoms with E-state index in [9.17, 15) is 18.0 Å². The molecule has 0 atom stereocenters. The Hall–Kier alpha value is -2.71. The summed E-state index contributed by atoms with van der Waals surface area (Å²) in [5.41, 5.74) is 5.93. The molecule has 0 aliphatic carbocycles. The molecule has 0 unspecified atom stereocenters. The SMILES string of the molecule is O=C(CCc1ccccc1)NNC(=O)c1cccc(S(=O)(=O)N2CCCCC2)c1. The molecule has 0 aromatic heterocycles. The molecule has 2 N–H and O–H groups in total. The summed E-state index contributed by atoms with van der Waals surface area (Å²) in [7, 11) is -3.62. The molecule has 0 radical (unpaired) electrons. The van der Waals surface area contributed by atoms with Gasteiger partial charge in [-0.1, -0.05) is 42.8 Å². The van der Waals surface area contributed by atoms with Crippen molar-refractivity contribution in [1.29, 1.82) is 0 Å². The van der Waals surface area contributed by atoms with E-state index in [1.165, 1.54) is 28.6 Å². The quantitative estimate of drug-likeness (QED) is 0.708. The third kappa shape index (κ3) is 5.65. The van der Waals surface area contributed by atoms with Gasteiger partial charge in [0.15, 0.2) is 0 Å². The molecule has 3 rings (SSSR count). The maximum absolute atomic E-state index is 12.8. The van der Waals surface area contributed by atoms with Gasteiger partial charge in [0.25, 0.3) is 5.91 Å². The van der Waals surface area contributed by atoms with Gasteiger partial charge in [-0.3, -0.25) is 20.4 Å². The van der Waals surface area contributed by atoms with Gasteiger partial charge in [0.1, 0.15) is 0 Å². The summed E-state index contributed by atoms with van der Waals surface area (Å²) in [6.45, 7) is 0.993. The Morgan fingerprint density at radius 1 is 0.897 bits per heavy atom. The number of nitrogens with zero attached hydrogens (tertiary/aromatic N) is 1. The summed E-state index contributed by atoms with van der Waals surface area (Å²) in [6.07, 6.45) is 3.50. The molecule has 0 saturated carbocycles. The van der Waals surface area contributed by atoms with Crippen LogP contribution in [0.1, 0.15) is 41.6 Å². The number of carbonyl (C=O) groups excluding carboxylic acids is 2. The number of nitrogens with one attached hydrogen (secondary N) is 2. The third-order valence-corrected chi connectivity index (χ3v) is 6.74. The Labute approximate surface area is 171 Å². The Morgan fingerprint density at radius 3 is 2.34 bits per heavy atom. The zero-order valence-corrected chi connectivity index (χ0v) is 17.0. The number of hydrogen-bond donors (Lipinski definition) is 2. The zero-order valence-electron chi connectivity index (χ0n) is 16.1. The average molecular weight is 416 g/mol. The molecule has 2 aromatic rings. The first-order valence-electron chi connectivity index (χ1n) is 9.70. The van der Waals surface area contributed by atoms with Crippen molar-refractivity contribution in [3.63, 3.8) is 0 Å². The average Bonchev–Trinajstić information content (AvgIpc) is 2.77. The molecule has 0 bridgehead atoms. The summed E-state index contributed by atoms with van der Waals surface area (Å²) >= 11 is 0. The minimum Gasteiger partial charge on any atom is -0.273 e. The van der Waals surface area contributed by atoms with E-state index >= 15 is 0 Å². The van der Waals surface area contributed by atoms with E-state index in [2.05, 4.69) is 10.9 Å². The molecule has 7 nitrogen and oxygen atoms in total. The number of amides is 2. The van der Waals surface area contributed by atoms with Crippen molar-refractivity contribution in [3.05, 3.63) is 65.7 Å². The second-order valence-corrected chi connectivity index (χ2v) is 8.92. The minimum absolute atomic E-state index is 0.0856. The predicted molar refractivity (Wildman–Crippen MR) is 109 cm³/mol. The Morgan fingerprint density at radius 2 is 1.62 bits per heavy atom. The van der Waals surface area contributed by atoms with Crippen molar-refractivity contribution in [1.82, 2.24) is 15.2 Å². The second kappa shape index (κ2) is 9.67. The Kier molecular flexibility index (Phi) is 7.00. The topological polar surface area (TPSA) is 95.6 Å². The van der Waals surface area contributed by atoms with Crippen LogP contribution in [-0.4, -0.2) is 37.6 Å². The van der Waals surface area contributed by atoms with Crippen molar-refractivity contribution in [2.45, 2.75) is 37.0 Å². The van der Waals surface area contributed by atoms with Crippen LogP contribution >= 0.6 is 0 Å². The lowest BCUT2D eigenvalue weighted by molar-refractivity contribution is -0.121. The summed E-state index contributed by atoms with van der Waals surface area (Å²) in [5.74, 6) is -0.881. The molecule has 1 fully saturated rings. The molecule has 2 aromatic carbocycles. The lowest BCUT2D eigenvalue weighted by atomic mass is 10.1. The largest absolute Gasteiger partial charge is 0.273 e. The van der Waals surface area contributed by atoms with E-state index in [4.69, 9.17) is 0 Å². The van der Waals surface area contributed by atoms with Crippen LogP contribution in [0.5, 0.6) is 0 Å². The van der Waals surface area contributed by atoms with Gasteiger partial charge in [0, 0.05) is 25.1 Å². The maximum Gasteiger partial charge on any atom is 0.269 e. The Balaban J connectivity index is 1.57. The minimum atomic E-state index is -3.62. The van der Waals surface area contributed by atoms with Crippen LogP contribution in [0.2, 0.25) is 0 Å². The highest BCUT2D eigenvalue weighted by Gasteiger charge is 2.26. The molecule has 1 heterocycles. The maximum atomic E-state index is 12.8. The lowest BCUT2D eigenvalue weighted by Gasteiger charge is -2.26. The zero-order chi connectivity index (χ0) is 20.7. The summed E-state index contributed by atoms with van der Waals surface area (Å²) in [4.78, 5) is 24.4. The molecule has 154 valence electrons. The van der Waals surface area contributed by atoms with Crippen molar-refractivity contribution < 1.29 is 18.0 Å². The number of carbonyl (C=O) groups is 2. The highest BCUT2D eigenvalue weighted by molar-refractivity contribution is 7.89. The van der Waals surface area contributed by atoms with Gasteiger partial charge in [-0.2, -0.15) is 4.31 Å². The van der Waals surface area contributed by atoms with Crippen molar-refractivity contribution in [2.75, 3.05) is 13.1 Å². The first kappa shape index (κ1) is 21.0. The first-order chi connectivity index (χ1) is 14.0. The third-order valence-electron chi connectivity index (χ3n) is 4.85. The standard InChI is InChI=1S/C21H25N3O4S/c25-20(13-12-17-8-3-1-4-9-17)22-23-21(26)18-10-7-11-19(16-18)29(27,28)24-14-5-2-6-15-24/h1,3-4,7-11,16H,2,5-6,12-15H2,(H,22,25)(H,23,26). The van der Waals surface area contributed by atoms with Crippen LogP contribution in [0.25, 0.3) is 0 Å². The molecule has 1 aliphatic rings. The van der Waals surface area contributed by atoms with Gasteiger partial charge in [0.05, 0.1) is 4.90 Å². The van der Waals surface area contributed by atoms with Crippen LogP contribution in [0.15, 0.2) is 59.5 Å². The number of sulfonamides is 1. The van der Waals surface area contributed by atoms with Gasteiger partial charge in [-0.15, -0.1) is 0 Å². The van der Waals surface area contributed by atoms with Crippen molar-refractivity contribution in [2.24, 2.45) is 0 Å². The van der Waals surface area contributed by atoms with Crippen LogP contribution in [0.4, 0.5) is 0 Å². The molecule has 1 saturated heterocycles. The van der Waals surface area contributed by atoms with E-state index in [0.29, 0.717) is 19.5 Å². The molecule has 29 heavy (non-hydrogen) atoms. The molecular weight excluding hydrogens is 390 g/mol. The van der Waals surface area contributed by atoms with E-state index in [1.54, 1.807) is 0 Å². The number of benzene rings is 2.